The summed E-state index contributed by atoms with van der Waals surface area (Å²) < 4.78 is 7.64. The Morgan fingerprint density at radius 3 is 2.77 bits per heavy atom. The molecule has 0 spiro atoms. The van der Waals surface area contributed by atoms with Gasteiger partial charge in [0.05, 0.1) is 12.3 Å². The van der Waals surface area contributed by atoms with E-state index in [1.54, 1.807) is 17.5 Å². The molecule has 22 heavy (non-hydrogen) atoms. The van der Waals surface area contributed by atoms with Crippen LogP contribution in [0.3, 0.4) is 0 Å². The Morgan fingerprint density at radius 2 is 2.09 bits per heavy atom. The van der Waals surface area contributed by atoms with Crippen LogP contribution in [0.4, 0.5) is 0 Å². The molecule has 1 N–H and O–H groups in total. The standard InChI is InChI=1S/C17H22N2O3/c1-11-8-14(22-10-13-6-4-3-5-7-13)16-18-12(2)15(17(20)21)19(16)9-11/h8-9,13H,3-7,10H2,1-2H3,(H,20,21). The van der Waals surface area contributed by atoms with Crippen LogP contribution in [-0.4, -0.2) is 27.1 Å². The lowest BCUT2D eigenvalue weighted by Gasteiger charge is -2.21. The predicted octanol–water partition coefficient (Wildman–Crippen LogP) is 3.61. The van der Waals surface area contributed by atoms with Crippen LogP contribution in [0.25, 0.3) is 5.65 Å². The van der Waals surface area contributed by atoms with Gasteiger partial charge in [0.1, 0.15) is 0 Å². The van der Waals surface area contributed by atoms with Crippen molar-refractivity contribution in [1.29, 1.82) is 0 Å². The van der Waals surface area contributed by atoms with Gasteiger partial charge in [-0.25, -0.2) is 9.78 Å². The Morgan fingerprint density at radius 1 is 1.36 bits per heavy atom. The molecule has 5 nitrogen and oxygen atoms in total. The summed E-state index contributed by atoms with van der Waals surface area (Å²) >= 11 is 0. The van der Waals surface area contributed by atoms with Crippen LogP contribution in [0.2, 0.25) is 0 Å². The Bertz CT molecular complexity index is 699. The molecule has 0 saturated heterocycles. The monoisotopic (exact) mass is 302 g/mol. The van der Waals surface area contributed by atoms with Gasteiger partial charge in [-0.3, -0.25) is 4.40 Å². The first-order valence-electron chi connectivity index (χ1n) is 7.91. The molecule has 0 radical (unpaired) electrons. The second kappa shape index (κ2) is 5.99. The Balaban J connectivity index is 1.91. The number of hydrogen-bond acceptors (Lipinski definition) is 3. The van der Waals surface area contributed by atoms with Crippen LogP contribution in [0.5, 0.6) is 5.75 Å². The first-order chi connectivity index (χ1) is 10.6. The SMILES string of the molecule is Cc1cc(OCC2CCCCC2)c2nc(C)c(C(=O)O)n2c1. The molecule has 0 bridgehead atoms. The van der Waals surface area contributed by atoms with Gasteiger partial charge in [-0.05, 0) is 44.2 Å². The number of pyridine rings is 1. The predicted molar refractivity (Wildman–Crippen MR) is 83.7 cm³/mol. The number of carbonyl (C=O) groups is 1. The lowest BCUT2D eigenvalue weighted by atomic mass is 9.90. The van der Waals surface area contributed by atoms with E-state index in [4.69, 9.17) is 4.74 Å². The molecular formula is C17H22N2O3. The first kappa shape index (κ1) is 14.9. The van der Waals surface area contributed by atoms with Crippen molar-refractivity contribution in [3.05, 3.63) is 29.2 Å². The van der Waals surface area contributed by atoms with Crippen molar-refractivity contribution in [2.45, 2.75) is 46.0 Å². The van der Waals surface area contributed by atoms with Gasteiger partial charge < -0.3 is 9.84 Å². The van der Waals surface area contributed by atoms with Gasteiger partial charge in [0.15, 0.2) is 17.1 Å². The molecule has 3 rings (SSSR count). The van der Waals surface area contributed by atoms with E-state index < -0.39 is 5.97 Å². The van der Waals surface area contributed by atoms with Crippen molar-refractivity contribution in [2.24, 2.45) is 5.92 Å². The molecule has 0 aliphatic heterocycles. The summed E-state index contributed by atoms with van der Waals surface area (Å²) in [5.41, 5.74) is 2.28. The van der Waals surface area contributed by atoms with Crippen molar-refractivity contribution >= 4 is 11.6 Å². The van der Waals surface area contributed by atoms with Crippen LogP contribution in [-0.2, 0) is 0 Å². The minimum absolute atomic E-state index is 0.209. The quantitative estimate of drug-likeness (QED) is 0.937. The third-order valence-corrected chi connectivity index (χ3v) is 4.40. The highest BCUT2D eigenvalue weighted by molar-refractivity contribution is 5.88. The van der Waals surface area contributed by atoms with Gasteiger partial charge in [-0.1, -0.05) is 19.3 Å². The fourth-order valence-electron chi connectivity index (χ4n) is 3.28. The van der Waals surface area contributed by atoms with Gasteiger partial charge in [-0.15, -0.1) is 0 Å². The normalized spacial score (nSPS) is 16.1. The molecule has 0 atom stereocenters. The molecule has 2 aromatic rings. The summed E-state index contributed by atoms with van der Waals surface area (Å²) in [6.07, 6.45) is 8.12. The van der Waals surface area contributed by atoms with Crippen molar-refractivity contribution in [2.75, 3.05) is 6.61 Å². The Labute approximate surface area is 129 Å². The molecule has 2 aromatic heterocycles. The van der Waals surface area contributed by atoms with Gasteiger partial charge in [0.2, 0.25) is 0 Å². The first-order valence-corrected chi connectivity index (χ1v) is 7.91. The number of hydrogen-bond donors (Lipinski definition) is 1. The van der Waals surface area contributed by atoms with E-state index in [1.165, 1.54) is 32.1 Å². The van der Waals surface area contributed by atoms with E-state index in [0.717, 1.165) is 5.56 Å². The van der Waals surface area contributed by atoms with E-state index in [0.29, 0.717) is 29.6 Å². The fraction of sp³-hybridized carbons (Fsp3) is 0.529. The smallest absolute Gasteiger partial charge is 0.354 e. The maximum Gasteiger partial charge on any atom is 0.354 e. The van der Waals surface area contributed by atoms with Crippen LogP contribution < -0.4 is 4.74 Å². The highest BCUT2D eigenvalue weighted by Gasteiger charge is 2.20. The lowest BCUT2D eigenvalue weighted by Crippen LogP contribution is -2.15. The summed E-state index contributed by atoms with van der Waals surface area (Å²) in [5.74, 6) is 0.319. The topological polar surface area (TPSA) is 63.8 Å². The highest BCUT2D eigenvalue weighted by atomic mass is 16.5. The maximum absolute atomic E-state index is 11.4. The van der Waals surface area contributed by atoms with E-state index in [9.17, 15) is 9.90 Å². The molecule has 2 heterocycles. The zero-order valence-corrected chi connectivity index (χ0v) is 13.1. The molecule has 1 fully saturated rings. The Hall–Kier alpha value is -2.04. The highest BCUT2D eigenvalue weighted by Crippen LogP contribution is 2.28. The molecule has 1 saturated carbocycles. The number of aromatic nitrogens is 2. The fourth-order valence-corrected chi connectivity index (χ4v) is 3.28. The second-order valence-corrected chi connectivity index (χ2v) is 6.24. The average Bonchev–Trinajstić information content (AvgIpc) is 2.82. The number of ether oxygens (including phenoxy) is 1. The zero-order valence-electron chi connectivity index (χ0n) is 13.1. The summed E-state index contributed by atoms with van der Waals surface area (Å²) in [6, 6.07) is 1.94. The van der Waals surface area contributed by atoms with E-state index in [2.05, 4.69) is 4.98 Å². The number of nitrogens with zero attached hydrogens (tertiary/aromatic N) is 2. The number of imidazole rings is 1. The number of fused-ring (bicyclic) bond motifs is 1. The lowest BCUT2D eigenvalue weighted by molar-refractivity contribution is 0.0688. The summed E-state index contributed by atoms with van der Waals surface area (Å²) in [5, 5.41) is 9.37. The van der Waals surface area contributed by atoms with E-state index in [-0.39, 0.29) is 5.69 Å². The van der Waals surface area contributed by atoms with Gasteiger partial charge in [-0.2, -0.15) is 0 Å². The summed E-state index contributed by atoms with van der Waals surface area (Å²) in [6.45, 7) is 4.35. The van der Waals surface area contributed by atoms with Crippen molar-refractivity contribution in [3.8, 4) is 5.75 Å². The van der Waals surface area contributed by atoms with Gasteiger partial charge in [0.25, 0.3) is 0 Å². The maximum atomic E-state index is 11.4. The minimum atomic E-state index is -0.964. The van der Waals surface area contributed by atoms with Crippen molar-refractivity contribution in [3.63, 3.8) is 0 Å². The molecule has 0 unspecified atom stereocenters. The van der Waals surface area contributed by atoms with Crippen LogP contribution in [0.15, 0.2) is 12.3 Å². The zero-order chi connectivity index (χ0) is 15.7. The van der Waals surface area contributed by atoms with Crippen molar-refractivity contribution < 1.29 is 14.6 Å². The van der Waals surface area contributed by atoms with E-state index in [1.807, 2.05) is 13.0 Å². The van der Waals surface area contributed by atoms with Gasteiger partial charge in [0, 0.05) is 6.20 Å². The largest absolute Gasteiger partial charge is 0.489 e. The molecule has 1 aliphatic rings. The molecule has 5 heteroatoms. The molecule has 0 aromatic carbocycles. The number of carboxylic acids is 1. The molecule has 0 amide bonds. The molecule has 1 aliphatic carbocycles. The number of aryl methyl sites for hydroxylation is 2. The molecular weight excluding hydrogens is 280 g/mol. The minimum Gasteiger partial charge on any atom is -0.489 e. The van der Waals surface area contributed by atoms with Crippen LogP contribution in [0.1, 0.15) is 53.8 Å². The third-order valence-electron chi connectivity index (χ3n) is 4.40. The Kier molecular flexibility index (Phi) is 4.05. The van der Waals surface area contributed by atoms with Crippen LogP contribution in [0, 0.1) is 19.8 Å². The van der Waals surface area contributed by atoms with Crippen LogP contribution >= 0.6 is 0 Å². The van der Waals surface area contributed by atoms with Gasteiger partial charge >= 0.3 is 5.97 Å². The van der Waals surface area contributed by atoms with Crippen molar-refractivity contribution in [1.82, 2.24) is 9.38 Å². The number of rotatable bonds is 4. The number of carboxylic acid groups (broad SMARTS) is 1. The van der Waals surface area contributed by atoms with E-state index >= 15 is 0 Å². The summed E-state index contributed by atoms with van der Waals surface area (Å²) in [7, 11) is 0. The number of aromatic carboxylic acids is 1. The average molecular weight is 302 g/mol. The summed E-state index contributed by atoms with van der Waals surface area (Å²) in [4.78, 5) is 15.8. The molecule has 118 valence electrons. The third kappa shape index (κ3) is 2.80. The second-order valence-electron chi connectivity index (χ2n) is 6.24.